The Morgan fingerprint density at radius 1 is 0.969 bits per heavy atom. The van der Waals surface area contributed by atoms with Gasteiger partial charge in [0, 0.05) is 36.2 Å². The van der Waals surface area contributed by atoms with E-state index < -0.39 is 60.2 Å². The zero-order valence-electron chi connectivity index (χ0n) is 16.9. The Kier molecular flexibility index (Phi) is 11.6. The number of carbonyl (C=O) groups excluding carboxylic acids is 3. The first kappa shape index (κ1) is 27.3. The summed E-state index contributed by atoms with van der Waals surface area (Å²) < 4.78 is 0. The fourth-order valence-electron chi connectivity index (χ4n) is 2.45. The molecule has 15 heteroatoms. The van der Waals surface area contributed by atoms with E-state index in [4.69, 9.17) is 10.8 Å². The van der Waals surface area contributed by atoms with E-state index >= 15 is 0 Å². The molecule has 178 valence electrons. The number of hydrogen-bond donors (Lipinski definition) is 9. The number of rotatable bonds is 14. The summed E-state index contributed by atoms with van der Waals surface area (Å²) in [6.45, 7) is 0. The highest BCUT2D eigenvalue weighted by atomic mass is 32.1. The van der Waals surface area contributed by atoms with E-state index in [0.717, 1.165) is 0 Å². The second-order valence-corrected chi connectivity index (χ2v) is 7.44. The van der Waals surface area contributed by atoms with Crippen molar-refractivity contribution in [2.24, 2.45) is 5.73 Å². The molecular formula is C17H26N6O7S2. The number of amides is 3. The number of aromatic nitrogens is 2. The molecule has 4 unspecified atom stereocenters. The number of carboxylic acids is 2. The number of aliphatic carboxylic acids is 2. The highest BCUT2D eigenvalue weighted by molar-refractivity contribution is 7.80. The van der Waals surface area contributed by atoms with Gasteiger partial charge in [-0.15, -0.1) is 0 Å². The van der Waals surface area contributed by atoms with Gasteiger partial charge in [0.15, 0.2) is 0 Å². The molecule has 0 saturated heterocycles. The average molecular weight is 491 g/mol. The van der Waals surface area contributed by atoms with Crippen LogP contribution in [0, 0.1) is 0 Å². The van der Waals surface area contributed by atoms with Crippen LogP contribution in [0.15, 0.2) is 12.5 Å². The van der Waals surface area contributed by atoms with Crippen molar-refractivity contribution >= 4 is 54.9 Å². The van der Waals surface area contributed by atoms with E-state index in [2.05, 4.69) is 51.2 Å². The molecule has 32 heavy (non-hydrogen) atoms. The lowest BCUT2D eigenvalue weighted by atomic mass is 10.1. The number of aromatic amines is 1. The maximum atomic E-state index is 12.6. The van der Waals surface area contributed by atoms with Crippen LogP contribution in [0.1, 0.15) is 18.5 Å². The van der Waals surface area contributed by atoms with Gasteiger partial charge in [-0.05, 0) is 6.42 Å². The fraction of sp³-hybridized carbons (Fsp3) is 0.529. The summed E-state index contributed by atoms with van der Waals surface area (Å²) in [5, 5.41) is 25.2. The van der Waals surface area contributed by atoms with Gasteiger partial charge in [0.25, 0.3) is 0 Å². The minimum Gasteiger partial charge on any atom is -0.481 e. The van der Waals surface area contributed by atoms with Crippen LogP contribution in [0.5, 0.6) is 0 Å². The third kappa shape index (κ3) is 9.15. The van der Waals surface area contributed by atoms with Gasteiger partial charge in [-0.1, -0.05) is 0 Å². The first-order valence-corrected chi connectivity index (χ1v) is 10.7. The van der Waals surface area contributed by atoms with Gasteiger partial charge in [0.2, 0.25) is 17.7 Å². The summed E-state index contributed by atoms with van der Waals surface area (Å²) in [7, 11) is 0. The van der Waals surface area contributed by atoms with Gasteiger partial charge in [0.1, 0.15) is 18.1 Å². The molecule has 4 atom stereocenters. The summed E-state index contributed by atoms with van der Waals surface area (Å²) >= 11 is 7.91. The SMILES string of the molecule is NC(CS)C(=O)NC(CCC(=O)O)C(=O)NC(CS)C(=O)NC(Cc1cnc[nH]1)C(=O)O. The second-order valence-electron chi connectivity index (χ2n) is 6.71. The predicted octanol–water partition coefficient (Wildman–Crippen LogP) is -2.46. The quantitative estimate of drug-likeness (QED) is 0.126. The highest BCUT2D eigenvalue weighted by Gasteiger charge is 2.30. The molecular weight excluding hydrogens is 464 g/mol. The lowest BCUT2D eigenvalue weighted by Crippen LogP contribution is -2.58. The van der Waals surface area contributed by atoms with E-state index in [9.17, 15) is 29.1 Å². The predicted molar refractivity (Wildman–Crippen MR) is 118 cm³/mol. The molecule has 8 N–H and O–H groups in total. The Morgan fingerprint density at radius 2 is 1.56 bits per heavy atom. The van der Waals surface area contributed by atoms with Gasteiger partial charge in [-0.2, -0.15) is 25.3 Å². The maximum Gasteiger partial charge on any atom is 0.326 e. The van der Waals surface area contributed by atoms with Crippen LogP contribution in [0.4, 0.5) is 0 Å². The number of imidazole rings is 1. The monoisotopic (exact) mass is 490 g/mol. The molecule has 0 aliphatic heterocycles. The van der Waals surface area contributed by atoms with Crippen molar-refractivity contribution < 1.29 is 34.2 Å². The standard InChI is InChI=1S/C17H26N6O7S2/c18-9(5-31)14(26)21-10(1-2-13(24)25)15(27)23-12(6-32)16(28)22-11(17(29)30)3-8-4-19-7-20-8/h4,7,9-12,31-32H,1-3,5-6,18H2,(H,19,20)(H,21,26)(H,22,28)(H,23,27)(H,24,25)(H,29,30). The van der Waals surface area contributed by atoms with E-state index in [1.54, 1.807) is 0 Å². The third-order valence-corrected chi connectivity index (χ3v) is 4.98. The van der Waals surface area contributed by atoms with Crippen LogP contribution in [-0.4, -0.2) is 85.5 Å². The van der Waals surface area contributed by atoms with Gasteiger partial charge < -0.3 is 36.9 Å². The van der Waals surface area contributed by atoms with Crippen molar-refractivity contribution in [1.82, 2.24) is 25.9 Å². The van der Waals surface area contributed by atoms with Crippen LogP contribution in [0.3, 0.4) is 0 Å². The molecule has 1 rings (SSSR count). The molecule has 1 aromatic heterocycles. The molecule has 3 amide bonds. The smallest absolute Gasteiger partial charge is 0.326 e. The number of nitrogens with one attached hydrogen (secondary N) is 4. The van der Waals surface area contributed by atoms with Crippen LogP contribution in [0.25, 0.3) is 0 Å². The topological polar surface area (TPSA) is 217 Å². The first-order chi connectivity index (χ1) is 15.1. The summed E-state index contributed by atoms with van der Waals surface area (Å²) in [6.07, 6.45) is 2.00. The van der Waals surface area contributed by atoms with Crippen LogP contribution in [0.2, 0.25) is 0 Å². The van der Waals surface area contributed by atoms with Gasteiger partial charge in [0.05, 0.1) is 12.4 Å². The molecule has 0 fully saturated rings. The Morgan fingerprint density at radius 3 is 2.06 bits per heavy atom. The molecule has 0 aromatic carbocycles. The van der Waals surface area contributed by atoms with Crippen LogP contribution >= 0.6 is 25.3 Å². The maximum absolute atomic E-state index is 12.6. The lowest BCUT2D eigenvalue weighted by molar-refractivity contribution is -0.142. The number of carbonyl (C=O) groups is 5. The zero-order chi connectivity index (χ0) is 24.3. The third-order valence-electron chi connectivity index (χ3n) is 4.22. The molecule has 0 radical (unpaired) electrons. The summed E-state index contributed by atoms with van der Waals surface area (Å²) in [6, 6.07) is -4.88. The van der Waals surface area contributed by atoms with Crippen molar-refractivity contribution in [3.05, 3.63) is 18.2 Å². The van der Waals surface area contributed by atoms with E-state index in [1.807, 2.05) is 0 Å². The van der Waals surface area contributed by atoms with Crippen LogP contribution in [-0.2, 0) is 30.4 Å². The second kappa shape index (κ2) is 13.6. The molecule has 0 aliphatic carbocycles. The first-order valence-electron chi connectivity index (χ1n) is 9.39. The molecule has 1 heterocycles. The molecule has 0 bridgehead atoms. The Balaban J connectivity index is 2.84. The molecule has 0 aliphatic rings. The van der Waals surface area contributed by atoms with E-state index in [-0.39, 0.29) is 24.3 Å². The summed E-state index contributed by atoms with van der Waals surface area (Å²) in [5.41, 5.74) is 6.03. The lowest BCUT2D eigenvalue weighted by Gasteiger charge is -2.24. The fourth-order valence-corrected chi connectivity index (χ4v) is 2.88. The molecule has 0 spiro atoms. The number of H-pyrrole nitrogens is 1. The normalized spacial score (nSPS) is 14.5. The zero-order valence-corrected chi connectivity index (χ0v) is 18.6. The van der Waals surface area contributed by atoms with E-state index in [1.165, 1.54) is 12.5 Å². The van der Waals surface area contributed by atoms with Gasteiger partial charge in [-0.25, -0.2) is 9.78 Å². The number of thiol groups is 2. The van der Waals surface area contributed by atoms with Crippen molar-refractivity contribution in [3.8, 4) is 0 Å². The minimum absolute atomic E-state index is 0.00627. The summed E-state index contributed by atoms with van der Waals surface area (Å²) in [5.74, 6) is -5.08. The molecule has 13 nitrogen and oxygen atoms in total. The Hall–Kier alpha value is -2.78. The Bertz CT molecular complexity index is 807. The van der Waals surface area contributed by atoms with Crippen molar-refractivity contribution in [3.63, 3.8) is 0 Å². The summed E-state index contributed by atoms with van der Waals surface area (Å²) in [4.78, 5) is 66.1. The van der Waals surface area contributed by atoms with Crippen molar-refractivity contribution in [1.29, 1.82) is 0 Å². The van der Waals surface area contributed by atoms with Gasteiger partial charge in [-0.3, -0.25) is 19.2 Å². The number of nitrogens with zero attached hydrogens (tertiary/aromatic N) is 1. The molecule has 1 aromatic rings. The number of carboxylic acid groups (broad SMARTS) is 2. The minimum atomic E-state index is -1.31. The Labute approximate surface area is 194 Å². The van der Waals surface area contributed by atoms with Crippen molar-refractivity contribution in [2.45, 2.75) is 43.4 Å². The highest BCUT2D eigenvalue weighted by Crippen LogP contribution is 2.03. The van der Waals surface area contributed by atoms with Crippen LogP contribution < -0.4 is 21.7 Å². The van der Waals surface area contributed by atoms with Crippen molar-refractivity contribution in [2.75, 3.05) is 11.5 Å². The largest absolute Gasteiger partial charge is 0.481 e. The molecule has 0 saturated carbocycles. The number of hydrogen-bond acceptors (Lipinski definition) is 9. The van der Waals surface area contributed by atoms with Gasteiger partial charge >= 0.3 is 11.9 Å². The number of nitrogens with two attached hydrogens (primary N) is 1. The average Bonchev–Trinajstić information content (AvgIpc) is 3.26. The van der Waals surface area contributed by atoms with E-state index in [0.29, 0.717) is 5.69 Å².